The van der Waals surface area contributed by atoms with E-state index in [1.165, 1.54) is 16.7 Å². The second-order valence-electron chi connectivity index (χ2n) is 8.12. The van der Waals surface area contributed by atoms with Gasteiger partial charge in [0.05, 0.1) is 13.1 Å². The highest BCUT2D eigenvalue weighted by Gasteiger charge is 2.38. The lowest BCUT2D eigenvalue weighted by Crippen LogP contribution is -2.33. The van der Waals surface area contributed by atoms with Crippen LogP contribution in [0.1, 0.15) is 12.1 Å². The van der Waals surface area contributed by atoms with Crippen LogP contribution in [-0.2, 0) is 4.79 Å². The molecule has 176 valence electrons. The quantitative estimate of drug-likeness (QED) is 0.365. The molecule has 34 heavy (non-hydrogen) atoms. The number of nitrogens with zero attached hydrogens (tertiary/aromatic N) is 5. The molecule has 0 aliphatic carbocycles. The molecule has 0 bridgehead atoms. The number of alkyl halides is 2. The highest BCUT2D eigenvalue weighted by molar-refractivity contribution is 7.99. The Kier molecular flexibility index (Phi) is 5.92. The van der Waals surface area contributed by atoms with E-state index in [2.05, 4.69) is 30.8 Å². The monoisotopic (exact) mass is 484 g/mol. The molecular formula is C22H22F2N8OS. The molecule has 1 aliphatic rings. The molecule has 0 atom stereocenters. The van der Waals surface area contributed by atoms with Gasteiger partial charge in [-0.2, -0.15) is 10.1 Å². The number of carbonyl (C=O) groups excluding carboxylic acids is 1. The van der Waals surface area contributed by atoms with Crippen molar-refractivity contribution in [2.45, 2.75) is 29.3 Å². The van der Waals surface area contributed by atoms with Crippen molar-refractivity contribution in [3.8, 4) is 0 Å². The topological polar surface area (TPSA) is 103 Å². The van der Waals surface area contributed by atoms with Gasteiger partial charge >= 0.3 is 0 Å². The van der Waals surface area contributed by atoms with Gasteiger partial charge in [-0.05, 0) is 55.1 Å². The summed E-state index contributed by atoms with van der Waals surface area (Å²) in [6.07, 6.45) is 1.66. The number of likely N-dealkylation sites (tertiary alicyclic amines) is 1. The van der Waals surface area contributed by atoms with Crippen LogP contribution in [0.3, 0.4) is 0 Å². The van der Waals surface area contributed by atoms with Crippen LogP contribution in [0.15, 0.2) is 58.7 Å². The van der Waals surface area contributed by atoms with E-state index in [9.17, 15) is 13.6 Å². The number of aromatic amines is 1. The summed E-state index contributed by atoms with van der Waals surface area (Å²) in [5, 5.41) is 13.6. The van der Waals surface area contributed by atoms with Crippen molar-refractivity contribution >= 4 is 40.8 Å². The zero-order valence-corrected chi connectivity index (χ0v) is 19.1. The lowest BCUT2D eigenvalue weighted by Gasteiger charge is -2.15. The molecule has 3 N–H and O–H groups in total. The van der Waals surface area contributed by atoms with E-state index < -0.39 is 5.92 Å². The number of rotatable bonds is 7. The minimum Gasteiger partial charge on any atom is -0.325 e. The number of H-pyrrole nitrogens is 1. The number of aromatic nitrogens is 5. The number of aryl methyl sites for hydroxylation is 1. The van der Waals surface area contributed by atoms with Crippen molar-refractivity contribution in [2.75, 3.05) is 30.3 Å². The molecule has 0 spiro atoms. The highest BCUT2D eigenvalue weighted by atomic mass is 32.2. The summed E-state index contributed by atoms with van der Waals surface area (Å²) >= 11 is 1.38. The van der Waals surface area contributed by atoms with Crippen LogP contribution in [-0.4, -0.2) is 60.9 Å². The predicted octanol–water partition coefficient (Wildman–Crippen LogP) is 3.94. The SMILES string of the molecule is Cc1cc(Nc2nc(Sc3ccc(NC(=O)CN4CCC(F)(F)C4)cc3)nc3cccn23)n[nH]1. The third kappa shape index (κ3) is 5.18. The van der Waals surface area contributed by atoms with Crippen LogP contribution in [0, 0.1) is 6.92 Å². The first-order chi connectivity index (χ1) is 16.3. The summed E-state index contributed by atoms with van der Waals surface area (Å²) < 4.78 is 28.4. The third-order valence-corrected chi connectivity index (χ3v) is 6.15. The van der Waals surface area contributed by atoms with E-state index in [0.29, 0.717) is 22.6 Å². The van der Waals surface area contributed by atoms with Gasteiger partial charge in [-0.15, -0.1) is 0 Å². The second kappa shape index (κ2) is 9.03. The van der Waals surface area contributed by atoms with E-state index in [0.717, 1.165) is 16.2 Å². The number of halogens is 2. The van der Waals surface area contributed by atoms with Crippen molar-refractivity contribution in [3.05, 3.63) is 54.4 Å². The van der Waals surface area contributed by atoms with Gasteiger partial charge in [-0.1, -0.05) is 0 Å². The van der Waals surface area contributed by atoms with E-state index >= 15 is 0 Å². The summed E-state index contributed by atoms with van der Waals surface area (Å²) in [5.74, 6) is -1.79. The van der Waals surface area contributed by atoms with Gasteiger partial charge in [0.1, 0.15) is 5.65 Å². The molecule has 4 aromatic rings. The molecular weight excluding hydrogens is 462 g/mol. The van der Waals surface area contributed by atoms with Gasteiger partial charge in [0.15, 0.2) is 11.0 Å². The van der Waals surface area contributed by atoms with Crippen LogP contribution in [0.2, 0.25) is 0 Å². The number of benzene rings is 1. The Hall–Kier alpha value is -3.51. The summed E-state index contributed by atoms with van der Waals surface area (Å²) in [6.45, 7) is 1.71. The zero-order valence-electron chi connectivity index (χ0n) is 18.3. The largest absolute Gasteiger partial charge is 0.325 e. The Morgan fingerprint density at radius 1 is 1.24 bits per heavy atom. The maximum absolute atomic E-state index is 13.3. The average Bonchev–Trinajstić information content (AvgIpc) is 3.50. The molecule has 5 rings (SSSR count). The van der Waals surface area contributed by atoms with Gasteiger partial charge in [0.25, 0.3) is 5.92 Å². The molecule has 1 fully saturated rings. The van der Waals surface area contributed by atoms with E-state index in [1.54, 1.807) is 12.1 Å². The Morgan fingerprint density at radius 3 is 2.76 bits per heavy atom. The molecule has 1 saturated heterocycles. The zero-order chi connectivity index (χ0) is 23.7. The number of nitrogens with one attached hydrogen (secondary N) is 3. The summed E-state index contributed by atoms with van der Waals surface area (Å²) in [7, 11) is 0. The third-order valence-electron chi connectivity index (χ3n) is 5.28. The molecule has 4 heterocycles. The van der Waals surface area contributed by atoms with Crippen molar-refractivity contribution < 1.29 is 13.6 Å². The average molecular weight is 485 g/mol. The highest BCUT2D eigenvalue weighted by Crippen LogP contribution is 2.29. The Labute approximate surface area is 198 Å². The number of anilines is 3. The molecule has 0 radical (unpaired) electrons. The summed E-state index contributed by atoms with van der Waals surface area (Å²) in [6, 6.07) is 12.9. The first-order valence-corrected chi connectivity index (χ1v) is 11.5. The first kappa shape index (κ1) is 22.3. The fraction of sp³-hybridized carbons (Fsp3) is 0.273. The maximum atomic E-state index is 13.3. The number of amides is 1. The van der Waals surface area contributed by atoms with Gasteiger partial charge in [-0.25, -0.2) is 13.8 Å². The number of fused-ring (bicyclic) bond motifs is 1. The Bertz CT molecular complexity index is 1320. The molecule has 12 heteroatoms. The van der Waals surface area contributed by atoms with Crippen molar-refractivity contribution in [2.24, 2.45) is 0 Å². The van der Waals surface area contributed by atoms with Crippen LogP contribution < -0.4 is 10.6 Å². The number of hydrogen-bond donors (Lipinski definition) is 3. The van der Waals surface area contributed by atoms with E-state index in [1.807, 2.05) is 47.9 Å². The molecule has 1 aromatic carbocycles. The van der Waals surface area contributed by atoms with Crippen molar-refractivity contribution in [1.82, 2.24) is 29.5 Å². The first-order valence-electron chi connectivity index (χ1n) is 10.7. The molecule has 3 aromatic heterocycles. The van der Waals surface area contributed by atoms with Crippen LogP contribution >= 0.6 is 11.8 Å². The minimum atomic E-state index is -2.71. The van der Waals surface area contributed by atoms with Gasteiger partial charge in [0, 0.05) is 41.5 Å². The molecule has 1 amide bonds. The number of carbonyl (C=O) groups is 1. The predicted molar refractivity (Wildman–Crippen MR) is 125 cm³/mol. The Morgan fingerprint density at radius 2 is 2.06 bits per heavy atom. The normalized spacial score (nSPS) is 15.6. The van der Waals surface area contributed by atoms with Crippen molar-refractivity contribution in [3.63, 3.8) is 0 Å². The fourth-order valence-corrected chi connectivity index (χ4v) is 4.45. The number of hydrogen-bond acceptors (Lipinski definition) is 7. The fourth-order valence-electron chi connectivity index (χ4n) is 3.70. The van der Waals surface area contributed by atoms with Gasteiger partial charge in [-0.3, -0.25) is 19.2 Å². The second-order valence-corrected chi connectivity index (χ2v) is 9.16. The van der Waals surface area contributed by atoms with Crippen LogP contribution in [0.25, 0.3) is 5.65 Å². The molecule has 0 unspecified atom stereocenters. The van der Waals surface area contributed by atoms with Gasteiger partial charge < -0.3 is 10.6 Å². The minimum absolute atomic E-state index is 0.0530. The molecule has 1 aliphatic heterocycles. The Balaban J connectivity index is 1.25. The van der Waals surface area contributed by atoms with E-state index in [-0.39, 0.29) is 32.0 Å². The smallest absolute Gasteiger partial charge is 0.261 e. The van der Waals surface area contributed by atoms with Crippen molar-refractivity contribution in [1.29, 1.82) is 0 Å². The lowest BCUT2D eigenvalue weighted by molar-refractivity contribution is -0.117. The standard InChI is InChI=1S/C22H22F2N8OS/c1-14-11-17(30-29-14)26-20-28-21(27-18-3-2-9-32(18)20)34-16-6-4-15(5-7-16)25-19(33)12-31-10-8-22(23,24)13-31/h2-7,9,11H,8,10,12-13H2,1H3,(H,25,33)(H2,26,27,28,29,30). The summed E-state index contributed by atoms with van der Waals surface area (Å²) in [5.41, 5.74) is 2.27. The molecule has 0 saturated carbocycles. The maximum Gasteiger partial charge on any atom is 0.261 e. The van der Waals surface area contributed by atoms with Gasteiger partial charge in [0.2, 0.25) is 11.9 Å². The van der Waals surface area contributed by atoms with Crippen LogP contribution in [0.5, 0.6) is 0 Å². The van der Waals surface area contributed by atoms with Crippen LogP contribution in [0.4, 0.5) is 26.2 Å². The summed E-state index contributed by atoms with van der Waals surface area (Å²) in [4.78, 5) is 23.8. The lowest BCUT2D eigenvalue weighted by atomic mass is 10.3. The van der Waals surface area contributed by atoms with E-state index in [4.69, 9.17) is 0 Å². The molecule has 9 nitrogen and oxygen atoms in total.